The van der Waals surface area contributed by atoms with Crippen molar-refractivity contribution in [2.45, 2.75) is 6.18 Å². The van der Waals surface area contributed by atoms with Gasteiger partial charge in [0.2, 0.25) is 5.95 Å². The van der Waals surface area contributed by atoms with Gasteiger partial charge < -0.3 is 21.5 Å². The van der Waals surface area contributed by atoms with E-state index in [0.29, 0.717) is 0 Å². The molecular formula is C18H16F4N6O2. The fraction of sp³-hybridized carbons (Fsp3) is 0.167. The van der Waals surface area contributed by atoms with Gasteiger partial charge in [-0.1, -0.05) is 6.07 Å². The fourth-order valence-electron chi connectivity index (χ4n) is 2.76. The van der Waals surface area contributed by atoms with E-state index in [2.05, 4.69) is 25.8 Å². The lowest BCUT2D eigenvalue weighted by Gasteiger charge is -2.17. The van der Waals surface area contributed by atoms with Crippen molar-refractivity contribution in [3.8, 4) is 16.9 Å². The van der Waals surface area contributed by atoms with E-state index in [1.54, 1.807) is 0 Å². The van der Waals surface area contributed by atoms with Gasteiger partial charge in [0, 0.05) is 30.4 Å². The van der Waals surface area contributed by atoms with Crippen LogP contribution in [-0.2, 0) is 6.18 Å². The lowest BCUT2D eigenvalue weighted by atomic mass is 9.95. The van der Waals surface area contributed by atoms with Crippen LogP contribution in [0.25, 0.3) is 11.1 Å². The average molecular weight is 424 g/mol. The highest BCUT2D eigenvalue weighted by atomic mass is 19.4. The Labute approximate surface area is 167 Å². The first kappa shape index (κ1) is 21.0. The Morgan fingerprint density at radius 2 is 2.00 bits per heavy atom. The second-order valence-corrected chi connectivity index (χ2v) is 6.10. The first-order chi connectivity index (χ1) is 14.2. The summed E-state index contributed by atoms with van der Waals surface area (Å²) in [7, 11) is 0. The first-order valence-electron chi connectivity index (χ1n) is 8.56. The Balaban J connectivity index is 2.10. The monoisotopic (exact) mass is 424 g/mol. The zero-order valence-electron chi connectivity index (χ0n) is 15.2. The van der Waals surface area contributed by atoms with Crippen LogP contribution in [0.4, 0.5) is 29.2 Å². The SMILES string of the molecule is NCCNC(=O)c1cc(-c2c(O)cc(Nc3nc[nH]n3)cc2C(F)(F)F)ccc1F. The van der Waals surface area contributed by atoms with Crippen LogP contribution in [0, 0.1) is 5.82 Å². The van der Waals surface area contributed by atoms with E-state index in [0.717, 1.165) is 30.3 Å². The molecule has 0 radical (unpaired) electrons. The molecule has 1 heterocycles. The molecule has 30 heavy (non-hydrogen) atoms. The van der Waals surface area contributed by atoms with Gasteiger partial charge in [-0.2, -0.15) is 13.2 Å². The second kappa shape index (κ2) is 8.37. The third-order valence-corrected chi connectivity index (χ3v) is 4.02. The molecule has 2 aromatic carbocycles. The summed E-state index contributed by atoms with van der Waals surface area (Å²) >= 11 is 0. The predicted molar refractivity (Wildman–Crippen MR) is 99.6 cm³/mol. The number of anilines is 2. The van der Waals surface area contributed by atoms with Gasteiger partial charge in [0.15, 0.2) is 0 Å². The van der Waals surface area contributed by atoms with Crippen molar-refractivity contribution in [1.82, 2.24) is 20.5 Å². The largest absolute Gasteiger partial charge is 0.507 e. The molecule has 158 valence electrons. The molecule has 0 bridgehead atoms. The molecular weight excluding hydrogens is 408 g/mol. The number of H-pyrrole nitrogens is 1. The lowest BCUT2D eigenvalue weighted by molar-refractivity contribution is -0.137. The van der Waals surface area contributed by atoms with E-state index in [1.165, 1.54) is 6.33 Å². The molecule has 0 fully saturated rings. The molecule has 0 spiro atoms. The number of rotatable bonds is 6. The highest BCUT2D eigenvalue weighted by Gasteiger charge is 2.36. The summed E-state index contributed by atoms with van der Waals surface area (Å²) < 4.78 is 55.3. The van der Waals surface area contributed by atoms with Crippen LogP contribution in [0.3, 0.4) is 0 Å². The smallest absolute Gasteiger partial charge is 0.417 e. The molecule has 0 aliphatic rings. The van der Waals surface area contributed by atoms with Gasteiger partial charge in [-0.3, -0.25) is 9.89 Å². The molecule has 0 saturated heterocycles. The van der Waals surface area contributed by atoms with E-state index >= 15 is 0 Å². The molecule has 0 aliphatic carbocycles. The van der Waals surface area contributed by atoms with Crippen LogP contribution in [0.1, 0.15) is 15.9 Å². The number of nitrogens with zero attached hydrogens (tertiary/aromatic N) is 2. The van der Waals surface area contributed by atoms with Gasteiger partial charge in [0.05, 0.1) is 11.1 Å². The van der Waals surface area contributed by atoms with Crippen LogP contribution in [0.5, 0.6) is 5.75 Å². The topological polar surface area (TPSA) is 129 Å². The third kappa shape index (κ3) is 4.49. The van der Waals surface area contributed by atoms with Crippen LogP contribution in [-0.4, -0.2) is 39.3 Å². The van der Waals surface area contributed by atoms with Crippen LogP contribution < -0.4 is 16.4 Å². The quantitative estimate of drug-likeness (QED) is 0.387. The number of phenols is 1. The number of carbonyl (C=O) groups excluding carboxylic acids is 1. The molecule has 0 aliphatic heterocycles. The highest BCUT2D eigenvalue weighted by Crippen LogP contribution is 2.44. The number of nitrogens with two attached hydrogens (primary N) is 1. The van der Waals surface area contributed by atoms with Crippen LogP contribution in [0.15, 0.2) is 36.7 Å². The number of halogens is 4. The van der Waals surface area contributed by atoms with Gasteiger partial charge in [-0.05, 0) is 23.8 Å². The van der Waals surface area contributed by atoms with Gasteiger partial charge in [-0.15, -0.1) is 5.10 Å². The van der Waals surface area contributed by atoms with E-state index in [1.807, 2.05) is 0 Å². The summed E-state index contributed by atoms with van der Waals surface area (Å²) in [6.45, 7) is 0.161. The molecule has 12 heteroatoms. The van der Waals surface area contributed by atoms with Crippen molar-refractivity contribution < 1.29 is 27.5 Å². The Kier molecular flexibility index (Phi) is 5.87. The minimum absolute atomic E-state index is 0.00378. The number of hydrogen-bond acceptors (Lipinski definition) is 6. The molecule has 0 atom stereocenters. The maximum atomic E-state index is 14.1. The number of aromatic amines is 1. The molecule has 8 nitrogen and oxygen atoms in total. The number of alkyl halides is 3. The number of benzene rings is 2. The summed E-state index contributed by atoms with van der Waals surface area (Å²) in [5, 5.41) is 21.3. The number of carbonyl (C=O) groups is 1. The van der Waals surface area contributed by atoms with Gasteiger partial charge >= 0.3 is 6.18 Å². The van der Waals surface area contributed by atoms with Gasteiger partial charge in [0.1, 0.15) is 17.9 Å². The summed E-state index contributed by atoms with van der Waals surface area (Å²) in [4.78, 5) is 15.8. The van der Waals surface area contributed by atoms with Crippen molar-refractivity contribution in [2.24, 2.45) is 5.73 Å². The fourth-order valence-corrected chi connectivity index (χ4v) is 2.76. The first-order valence-corrected chi connectivity index (χ1v) is 8.56. The van der Waals surface area contributed by atoms with Crippen molar-refractivity contribution in [2.75, 3.05) is 18.4 Å². The highest BCUT2D eigenvalue weighted by molar-refractivity contribution is 5.96. The molecule has 6 N–H and O–H groups in total. The number of hydrogen-bond donors (Lipinski definition) is 5. The maximum Gasteiger partial charge on any atom is 0.417 e. The zero-order valence-corrected chi connectivity index (χ0v) is 15.2. The number of amides is 1. The Bertz CT molecular complexity index is 1050. The van der Waals surface area contributed by atoms with E-state index < -0.39 is 40.3 Å². The summed E-state index contributed by atoms with van der Waals surface area (Å²) in [6.07, 6.45) is -3.64. The van der Waals surface area contributed by atoms with Crippen molar-refractivity contribution in [3.05, 3.63) is 53.6 Å². The number of phenolic OH excluding ortho intramolecular Hbond substituents is 1. The average Bonchev–Trinajstić information content (AvgIpc) is 3.18. The predicted octanol–water partition coefficient (Wildman–Crippen LogP) is 2.77. The molecule has 3 aromatic rings. The van der Waals surface area contributed by atoms with Crippen LogP contribution in [0.2, 0.25) is 0 Å². The summed E-state index contributed by atoms with van der Waals surface area (Å²) in [5.74, 6) is -2.50. The number of aromatic nitrogens is 3. The lowest BCUT2D eigenvalue weighted by Crippen LogP contribution is -2.29. The van der Waals surface area contributed by atoms with Gasteiger partial charge in [0.25, 0.3) is 5.91 Å². The molecule has 0 saturated carbocycles. The van der Waals surface area contributed by atoms with Crippen molar-refractivity contribution >= 4 is 17.5 Å². The zero-order chi connectivity index (χ0) is 21.9. The summed E-state index contributed by atoms with van der Waals surface area (Å²) in [5.41, 5.74) is 2.70. The molecule has 1 aromatic heterocycles. The standard InChI is InChI=1S/C18H16F4N6O2/c19-13-2-1-9(5-11(13)16(30)24-4-3-23)15-12(18(20,21)22)6-10(7-14(15)29)27-17-25-8-26-28-17/h1-2,5-8,29H,3-4,23H2,(H,24,30)(H2,25,26,27,28). The van der Waals surface area contributed by atoms with Crippen LogP contribution >= 0.6 is 0 Å². The van der Waals surface area contributed by atoms with Gasteiger partial charge in [-0.25, -0.2) is 9.37 Å². The Hall–Kier alpha value is -3.67. The Morgan fingerprint density at radius 1 is 1.23 bits per heavy atom. The number of nitrogens with one attached hydrogen (secondary N) is 3. The summed E-state index contributed by atoms with van der Waals surface area (Å²) in [6, 6.07) is 4.63. The minimum atomic E-state index is -4.86. The van der Waals surface area contributed by atoms with E-state index in [-0.39, 0.29) is 30.3 Å². The molecule has 0 unspecified atom stereocenters. The maximum absolute atomic E-state index is 14.1. The van der Waals surface area contributed by atoms with E-state index in [9.17, 15) is 27.5 Å². The minimum Gasteiger partial charge on any atom is -0.507 e. The Morgan fingerprint density at radius 3 is 2.63 bits per heavy atom. The van der Waals surface area contributed by atoms with E-state index in [4.69, 9.17) is 5.73 Å². The van der Waals surface area contributed by atoms with Crippen molar-refractivity contribution in [3.63, 3.8) is 0 Å². The second-order valence-electron chi connectivity index (χ2n) is 6.10. The molecule has 1 amide bonds. The third-order valence-electron chi connectivity index (χ3n) is 4.02. The normalized spacial score (nSPS) is 11.4. The van der Waals surface area contributed by atoms with Crippen molar-refractivity contribution in [1.29, 1.82) is 0 Å². The molecule has 3 rings (SSSR count). The number of aromatic hydroxyl groups is 1.